The Hall–Kier alpha value is -2.94. The van der Waals surface area contributed by atoms with E-state index in [0.29, 0.717) is 61.5 Å². The van der Waals surface area contributed by atoms with Crippen molar-refractivity contribution in [3.8, 4) is 5.88 Å². The quantitative estimate of drug-likeness (QED) is 0.774. The lowest BCUT2D eigenvalue weighted by Gasteiger charge is -2.27. The second-order valence-electron chi connectivity index (χ2n) is 6.19. The molecular formula is C18H23N5O4. The van der Waals surface area contributed by atoms with Gasteiger partial charge in [0.05, 0.1) is 32.2 Å². The van der Waals surface area contributed by atoms with Gasteiger partial charge in [-0.05, 0) is 19.4 Å². The first-order chi connectivity index (χ1) is 13.1. The third-order valence-electron chi connectivity index (χ3n) is 4.35. The molecule has 0 radical (unpaired) electrons. The lowest BCUT2D eigenvalue weighted by molar-refractivity contribution is -0.116. The molecule has 0 unspecified atom stereocenters. The predicted octanol–water partition coefficient (Wildman–Crippen LogP) is 0.890. The lowest BCUT2D eigenvalue weighted by Crippen LogP contribution is -2.38. The van der Waals surface area contributed by atoms with Crippen LogP contribution in [-0.4, -0.2) is 54.3 Å². The maximum Gasteiger partial charge on any atom is 0.255 e. The second-order valence-corrected chi connectivity index (χ2v) is 6.19. The molecule has 0 saturated carbocycles. The Labute approximate surface area is 156 Å². The van der Waals surface area contributed by atoms with Gasteiger partial charge in [-0.15, -0.1) is 0 Å². The van der Waals surface area contributed by atoms with Gasteiger partial charge in [-0.25, -0.2) is 9.97 Å². The Morgan fingerprint density at radius 1 is 1.37 bits per heavy atom. The number of carbonyl (C=O) groups excluding carboxylic acids is 1. The summed E-state index contributed by atoms with van der Waals surface area (Å²) in [7, 11) is 1.53. The number of methoxy groups -OCH3 is 1. The van der Waals surface area contributed by atoms with Gasteiger partial charge in [0.15, 0.2) is 0 Å². The van der Waals surface area contributed by atoms with Crippen molar-refractivity contribution in [2.75, 3.05) is 43.6 Å². The summed E-state index contributed by atoms with van der Waals surface area (Å²) in [5.74, 6) is 0.831. The van der Waals surface area contributed by atoms with Crippen molar-refractivity contribution in [3.63, 3.8) is 0 Å². The summed E-state index contributed by atoms with van der Waals surface area (Å²) < 4.78 is 10.3. The Bertz CT molecular complexity index is 844. The number of ether oxygens (including phenoxy) is 2. The molecule has 0 aromatic carbocycles. The van der Waals surface area contributed by atoms with Crippen LogP contribution in [0.15, 0.2) is 23.1 Å². The largest absolute Gasteiger partial charge is 0.481 e. The number of amides is 1. The summed E-state index contributed by atoms with van der Waals surface area (Å²) in [6.45, 7) is 4.41. The third-order valence-corrected chi connectivity index (χ3v) is 4.35. The number of H-pyrrole nitrogens is 1. The molecule has 1 fully saturated rings. The van der Waals surface area contributed by atoms with E-state index < -0.39 is 0 Å². The molecule has 1 aliphatic rings. The van der Waals surface area contributed by atoms with Gasteiger partial charge in [0.1, 0.15) is 0 Å². The Morgan fingerprint density at radius 2 is 2.15 bits per heavy atom. The van der Waals surface area contributed by atoms with Crippen LogP contribution in [0.5, 0.6) is 5.88 Å². The molecule has 0 aliphatic carbocycles. The smallest absolute Gasteiger partial charge is 0.255 e. The maximum atomic E-state index is 12.4. The first kappa shape index (κ1) is 18.8. The van der Waals surface area contributed by atoms with Gasteiger partial charge < -0.3 is 19.7 Å². The topological polar surface area (TPSA) is 109 Å². The number of hydrogen-bond acceptors (Lipinski definition) is 7. The Balaban J connectivity index is 1.61. The number of hydrogen-bond donors (Lipinski definition) is 2. The van der Waals surface area contributed by atoms with E-state index in [0.717, 1.165) is 0 Å². The number of anilines is 2. The highest BCUT2D eigenvalue weighted by Gasteiger charge is 2.16. The molecule has 1 saturated heterocycles. The monoisotopic (exact) mass is 373 g/mol. The SMILES string of the molecule is COc1ccc(NC(=O)CCc2c(C)nc(N3CCOCC3)[nH]c2=O)cn1. The van der Waals surface area contributed by atoms with E-state index in [-0.39, 0.29) is 17.9 Å². The van der Waals surface area contributed by atoms with Gasteiger partial charge in [-0.2, -0.15) is 0 Å². The standard InChI is InChI=1S/C18H23N5O4/c1-12-14(17(25)22-18(20-12)23-7-9-27-10-8-23)4-5-15(24)21-13-3-6-16(26-2)19-11-13/h3,6,11H,4-5,7-10H2,1-2H3,(H,21,24)(H,20,22,25). The molecule has 2 N–H and O–H groups in total. The predicted molar refractivity (Wildman–Crippen MR) is 100 cm³/mol. The van der Waals surface area contributed by atoms with Gasteiger partial charge in [-0.3, -0.25) is 14.6 Å². The van der Waals surface area contributed by atoms with Crippen molar-refractivity contribution in [1.29, 1.82) is 0 Å². The zero-order valence-corrected chi connectivity index (χ0v) is 15.4. The first-order valence-corrected chi connectivity index (χ1v) is 8.79. The van der Waals surface area contributed by atoms with Crippen LogP contribution in [0.3, 0.4) is 0 Å². The molecule has 0 atom stereocenters. The van der Waals surface area contributed by atoms with E-state index in [1.807, 2.05) is 4.90 Å². The molecule has 2 aromatic rings. The molecule has 0 bridgehead atoms. The van der Waals surface area contributed by atoms with E-state index >= 15 is 0 Å². The van der Waals surface area contributed by atoms with E-state index in [2.05, 4.69) is 20.3 Å². The highest BCUT2D eigenvalue weighted by Crippen LogP contribution is 2.13. The minimum Gasteiger partial charge on any atom is -0.481 e. The van der Waals surface area contributed by atoms with Crippen LogP contribution >= 0.6 is 0 Å². The molecule has 27 heavy (non-hydrogen) atoms. The first-order valence-electron chi connectivity index (χ1n) is 8.79. The number of pyridine rings is 1. The number of morpholine rings is 1. The second kappa shape index (κ2) is 8.63. The average molecular weight is 373 g/mol. The molecule has 3 rings (SSSR count). The van der Waals surface area contributed by atoms with Crippen LogP contribution in [0.4, 0.5) is 11.6 Å². The van der Waals surface area contributed by atoms with Crippen molar-refractivity contribution in [2.24, 2.45) is 0 Å². The van der Waals surface area contributed by atoms with Gasteiger partial charge >= 0.3 is 0 Å². The fraction of sp³-hybridized carbons (Fsp3) is 0.444. The number of rotatable bonds is 6. The molecule has 1 aliphatic heterocycles. The van der Waals surface area contributed by atoms with Crippen molar-refractivity contribution in [2.45, 2.75) is 19.8 Å². The fourth-order valence-electron chi connectivity index (χ4n) is 2.85. The number of aromatic amines is 1. The number of nitrogens with zero attached hydrogens (tertiary/aromatic N) is 3. The van der Waals surface area contributed by atoms with Gasteiger partial charge in [0.2, 0.25) is 17.7 Å². The summed E-state index contributed by atoms with van der Waals surface area (Å²) >= 11 is 0. The lowest BCUT2D eigenvalue weighted by atomic mass is 10.1. The zero-order chi connectivity index (χ0) is 19.2. The summed E-state index contributed by atoms with van der Waals surface area (Å²) in [6.07, 6.45) is 2.01. The maximum absolute atomic E-state index is 12.4. The molecule has 144 valence electrons. The average Bonchev–Trinajstić information content (AvgIpc) is 2.68. The van der Waals surface area contributed by atoms with Crippen LogP contribution in [0, 0.1) is 6.92 Å². The molecule has 0 spiro atoms. The van der Waals surface area contributed by atoms with Crippen LogP contribution < -0.4 is 20.5 Å². The molecule has 1 amide bonds. The fourth-order valence-corrected chi connectivity index (χ4v) is 2.85. The van der Waals surface area contributed by atoms with E-state index in [4.69, 9.17) is 9.47 Å². The summed E-state index contributed by atoms with van der Waals surface area (Å²) in [5, 5.41) is 2.75. The third kappa shape index (κ3) is 4.82. The van der Waals surface area contributed by atoms with Crippen molar-refractivity contribution >= 4 is 17.5 Å². The number of carbonyl (C=O) groups is 1. The number of aryl methyl sites for hydroxylation is 1. The molecule has 9 heteroatoms. The molecule has 9 nitrogen and oxygen atoms in total. The highest BCUT2D eigenvalue weighted by atomic mass is 16.5. The molecular weight excluding hydrogens is 350 g/mol. The van der Waals surface area contributed by atoms with Crippen molar-refractivity contribution in [1.82, 2.24) is 15.0 Å². The van der Waals surface area contributed by atoms with Crippen LogP contribution in [0.1, 0.15) is 17.7 Å². The van der Waals surface area contributed by atoms with E-state index in [9.17, 15) is 9.59 Å². The van der Waals surface area contributed by atoms with Crippen LogP contribution in [0.2, 0.25) is 0 Å². The number of aromatic nitrogens is 3. The normalized spacial score (nSPS) is 14.1. The van der Waals surface area contributed by atoms with E-state index in [1.165, 1.54) is 13.3 Å². The van der Waals surface area contributed by atoms with Crippen molar-refractivity contribution in [3.05, 3.63) is 39.9 Å². The molecule has 2 aromatic heterocycles. The number of nitrogens with one attached hydrogen (secondary N) is 2. The summed E-state index contributed by atoms with van der Waals surface area (Å²) in [5.41, 5.74) is 1.53. The Kier molecular flexibility index (Phi) is 6.02. The van der Waals surface area contributed by atoms with E-state index in [1.54, 1.807) is 19.1 Å². The molecule has 3 heterocycles. The summed E-state index contributed by atoms with van der Waals surface area (Å²) in [6, 6.07) is 3.37. The van der Waals surface area contributed by atoms with Crippen molar-refractivity contribution < 1.29 is 14.3 Å². The van der Waals surface area contributed by atoms with Crippen LogP contribution in [-0.2, 0) is 16.0 Å². The minimum absolute atomic E-state index is 0.175. The highest BCUT2D eigenvalue weighted by molar-refractivity contribution is 5.90. The van der Waals surface area contributed by atoms with Gasteiger partial charge in [0.25, 0.3) is 5.56 Å². The minimum atomic E-state index is -0.206. The summed E-state index contributed by atoms with van der Waals surface area (Å²) in [4.78, 5) is 37.9. The Morgan fingerprint density at radius 3 is 2.78 bits per heavy atom. The van der Waals surface area contributed by atoms with Crippen LogP contribution in [0.25, 0.3) is 0 Å². The van der Waals surface area contributed by atoms with Gasteiger partial charge in [0, 0.05) is 36.8 Å². The zero-order valence-electron chi connectivity index (χ0n) is 15.4. The van der Waals surface area contributed by atoms with Gasteiger partial charge in [-0.1, -0.05) is 0 Å².